The number of halogens is 2. The van der Waals surface area contributed by atoms with E-state index < -0.39 is 5.82 Å². The second-order valence-corrected chi connectivity index (χ2v) is 10.0. The van der Waals surface area contributed by atoms with Crippen LogP contribution in [0.15, 0.2) is 53.9 Å². The normalized spacial score (nSPS) is 15.0. The van der Waals surface area contributed by atoms with Crippen LogP contribution in [0.1, 0.15) is 45.7 Å². The van der Waals surface area contributed by atoms with E-state index in [-0.39, 0.29) is 30.0 Å². The number of aryl methyl sites for hydroxylation is 1. The molecule has 0 fully saturated rings. The van der Waals surface area contributed by atoms with E-state index in [1.54, 1.807) is 28.4 Å². The lowest BCUT2D eigenvalue weighted by Gasteiger charge is -2.37. The van der Waals surface area contributed by atoms with Gasteiger partial charge in [-0.15, -0.1) is 11.3 Å². The van der Waals surface area contributed by atoms with Crippen molar-refractivity contribution in [3.8, 4) is 5.75 Å². The molecule has 0 saturated carbocycles. The second-order valence-electron chi connectivity index (χ2n) is 8.61. The van der Waals surface area contributed by atoms with Crippen LogP contribution in [-0.4, -0.2) is 47.9 Å². The zero-order valence-electron chi connectivity index (χ0n) is 19.8. The van der Waals surface area contributed by atoms with Gasteiger partial charge < -0.3 is 14.5 Å². The van der Waals surface area contributed by atoms with Crippen LogP contribution < -0.4 is 4.74 Å². The molecule has 0 bridgehead atoms. The third kappa shape index (κ3) is 5.85. The van der Waals surface area contributed by atoms with Gasteiger partial charge in [-0.3, -0.25) is 9.59 Å². The molecule has 35 heavy (non-hydrogen) atoms. The molecule has 2 amide bonds. The summed E-state index contributed by atoms with van der Waals surface area (Å²) in [6.45, 7) is 5.04. The first-order valence-electron chi connectivity index (χ1n) is 11.7. The first-order valence-corrected chi connectivity index (χ1v) is 12.9. The largest absolute Gasteiger partial charge is 0.491 e. The minimum Gasteiger partial charge on any atom is -0.491 e. The molecule has 0 unspecified atom stereocenters. The third-order valence-corrected chi connectivity index (χ3v) is 7.55. The summed E-state index contributed by atoms with van der Waals surface area (Å²) in [5.74, 6) is -0.289. The van der Waals surface area contributed by atoms with Crippen LogP contribution in [0.5, 0.6) is 5.75 Å². The molecule has 0 N–H and O–H groups in total. The average Bonchev–Trinajstić information content (AvgIpc) is 3.33. The summed E-state index contributed by atoms with van der Waals surface area (Å²) in [5, 5.41) is 2.71. The number of fused-ring (bicyclic) bond motifs is 1. The lowest BCUT2D eigenvalue weighted by Crippen LogP contribution is -2.48. The predicted molar refractivity (Wildman–Crippen MR) is 137 cm³/mol. The minimum absolute atomic E-state index is 0.0702. The Kier molecular flexibility index (Phi) is 8.08. The van der Waals surface area contributed by atoms with E-state index >= 15 is 0 Å². The van der Waals surface area contributed by atoms with Gasteiger partial charge in [0.25, 0.3) is 5.91 Å². The number of nitrogens with zero attached hydrogens (tertiary/aromatic N) is 2. The van der Waals surface area contributed by atoms with Crippen LogP contribution in [0.3, 0.4) is 0 Å². The van der Waals surface area contributed by atoms with Crippen molar-refractivity contribution in [3.63, 3.8) is 0 Å². The highest BCUT2D eigenvalue weighted by Crippen LogP contribution is 2.34. The van der Waals surface area contributed by atoms with Crippen molar-refractivity contribution in [2.75, 3.05) is 26.2 Å². The summed E-state index contributed by atoms with van der Waals surface area (Å²) in [4.78, 5) is 31.1. The number of amides is 2. The van der Waals surface area contributed by atoms with Gasteiger partial charge in [0.05, 0.1) is 6.04 Å². The Morgan fingerprint density at radius 1 is 1.23 bits per heavy atom. The summed E-state index contributed by atoms with van der Waals surface area (Å²) >= 11 is 7.82. The molecule has 5 nitrogen and oxygen atoms in total. The SMILES string of the molecule is CCCN(CC(=O)N1CCc2sccc2[C@H]1COc1ccc(Cl)c(C)c1)C(=O)c1cccc(F)c1. The Hall–Kier alpha value is -2.90. The van der Waals surface area contributed by atoms with Crippen molar-refractivity contribution in [2.24, 2.45) is 0 Å². The maximum absolute atomic E-state index is 13.7. The fourth-order valence-electron chi connectivity index (χ4n) is 4.34. The first kappa shape index (κ1) is 25.2. The molecule has 1 aliphatic rings. The predicted octanol–water partition coefficient (Wildman–Crippen LogP) is 5.91. The maximum atomic E-state index is 13.7. The molecular formula is C27H28ClFN2O3S. The van der Waals surface area contributed by atoms with Gasteiger partial charge in [0.1, 0.15) is 24.7 Å². The summed E-state index contributed by atoms with van der Waals surface area (Å²) in [5.41, 5.74) is 2.24. The molecule has 0 aliphatic carbocycles. The number of rotatable bonds is 8. The standard InChI is InChI=1S/C27H28ClFN2O3S/c1-3-11-30(27(33)19-5-4-6-20(29)15-19)16-26(32)31-12-9-25-22(10-13-35-25)24(31)17-34-21-7-8-23(28)18(2)14-21/h4-8,10,13-15,24H,3,9,11-12,16-17H2,1-2H3/t24-/m1/s1. The zero-order valence-corrected chi connectivity index (χ0v) is 21.4. The van der Waals surface area contributed by atoms with E-state index in [0.29, 0.717) is 36.9 Å². The molecule has 1 atom stereocenters. The summed E-state index contributed by atoms with van der Waals surface area (Å²) < 4.78 is 19.8. The zero-order chi connectivity index (χ0) is 24.9. The molecular weight excluding hydrogens is 487 g/mol. The summed E-state index contributed by atoms with van der Waals surface area (Å²) in [7, 11) is 0. The van der Waals surface area contributed by atoms with Gasteiger partial charge in [0, 0.05) is 28.6 Å². The molecule has 0 spiro atoms. The number of hydrogen-bond donors (Lipinski definition) is 0. The summed E-state index contributed by atoms with van der Waals surface area (Å²) in [6.07, 6.45) is 1.45. The first-order chi connectivity index (χ1) is 16.9. The number of ether oxygens (including phenoxy) is 1. The van der Waals surface area contributed by atoms with Gasteiger partial charge in [0.2, 0.25) is 5.91 Å². The Balaban J connectivity index is 1.52. The monoisotopic (exact) mass is 514 g/mol. The van der Waals surface area contributed by atoms with E-state index in [0.717, 1.165) is 17.5 Å². The van der Waals surface area contributed by atoms with Crippen molar-refractivity contribution >= 4 is 34.8 Å². The van der Waals surface area contributed by atoms with E-state index in [1.165, 1.54) is 28.0 Å². The van der Waals surface area contributed by atoms with Crippen molar-refractivity contribution in [2.45, 2.75) is 32.7 Å². The molecule has 2 aromatic carbocycles. The van der Waals surface area contributed by atoms with Gasteiger partial charge in [-0.2, -0.15) is 0 Å². The van der Waals surface area contributed by atoms with Crippen LogP contribution in [-0.2, 0) is 11.2 Å². The minimum atomic E-state index is -0.478. The number of benzene rings is 2. The Morgan fingerprint density at radius 2 is 2.06 bits per heavy atom. The molecule has 2 heterocycles. The molecule has 184 valence electrons. The van der Waals surface area contributed by atoms with Crippen LogP contribution >= 0.6 is 22.9 Å². The van der Waals surface area contributed by atoms with E-state index in [9.17, 15) is 14.0 Å². The number of hydrogen-bond acceptors (Lipinski definition) is 4. The highest BCUT2D eigenvalue weighted by molar-refractivity contribution is 7.10. The fourth-order valence-corrected chi connectivity index (χ4v) is 5.38. The quantitative estimate of drug-likeness (QED) is 0.375. The lowest BCUT2D eigenvalue weighted by atomic mass is 10.00. The van der Waals surface area contributed by atoms with Gasteiger partial charge >= 0.3 is 0 Å². The van der Waals surface area contributed by atoms with E-state index in [4.69, 9.17) is 16.3 Å². The van der Waals surface area contributed by atoms with Crippen molar-refractivity contribution in [1.82, 2.24) is 9.80 Å². The average molecular weight is 515 g/mol. The summed E-state index contributed by atoms with van der Waals surface area (Å²) in [6, 6.07) is 12.9. The fraction of sp³-hybridized carbons (Fsp3) is 0.333. The molecule has 0 radical (unpaired) electrons. The highest BCUT2D eigenvalue weighted by Gasteiger charge is 2.33. The molecule has 1 aromatic heterocycles. The second kappa shape index (κ2) is 11.2. The topological polar surface area (TPSA) is 49.9 Å². The Labute approximate surface area is 214 Å². The molecule has 1 aliphatic heterocycles. The van der Waals surface area contributed by atoms with E-state index in [1.807, 2.05) is 37.4 Å². The van der Waals surface area contributed by atoms with Gasteiger partial charge in [-0.1, -0.05) is 24.6 Å². The lowest BCUT2D eigenvalue weighted by molar-refractivity contribution is -0.135. The molecule has 0 saturated heterocycles. The molecule has 4 rings (SSSR count). The molecule has 3 aromatic rings. The van der Waals surface area contributed by atoms with Crippen molar-refractivity contribution in [3.05, 3.63) is 86.3 Å². The third-order valence-electron chi connectivity index (χ3n) is 6.13. The highest BCUT2D eigenvalue weighted by atomic mass is 35.5. The Bertz CT molecular complexity index is 1210. The number of carbonyl (C=O) groups is 2. The molecule has 8 heteroatoms. The number of thiophene rings is 1. The van der Waals surface area contributed by atoms with Crippen LogP contribution in [0, 0.1) is 12.7 Å². The van der Waals surface area contributed by atoms with Crippen LogP contribution in [0.2, 0.25) is 5.02 Å². The van der Waals surface area contributed by atoms with Gasteiger partial charge in [-0.25, -0.2) is 4.39 Å². The van der Waals surface area contributed by atoms with Gasteiger partial charge in [-0.05, 0) is 78.7 Å². The smallest absolute Gasteiger partial charge is 0.254 e. The Morgan fingerprint density at radius 3 is 2.80 bits per heavy atom. The van der Waals surface area contributed by atoms with Crippen LogP contribution in [0.25, 0.3) is 0 Å². The van der Waals surface area contributed by atoms with E-state index in [2.05, 4.69) is 0 Å². The maximum Gasteiger partial charge on any atom is 0.254 e. The van der Waals surface area contributed by atoms with Crippen molar-refractivity contribution in [1.29, 1.82) is 0 Å². The van der Waals surface area contributed by atoms with Crippen LogP contribution in [0.4, 0.5) is 4.39 Å². The van der Waals surface area contributed by atoms with Gasteiger partial charge in [0.15, 0.2) is 0 Å². The number of carbonyl (C=O) groups excluding carboxylic acids is 2. The van der Waals surface area contributed by atoms with Crippen molar-refractivity contribution < 1.29 is 18.7 Å².